The summed E-state index contributed by atoms with van der Waals surface area (Å²) in [7, 11) is 1.51. The van der Waals surface area contributed by atoms with E-state index in [0.29, 0.717) is 17.1 Å². The summed E-state index contributed by atoms with van der Waals surface area (Å²) in [4.78, 5) is 10.3. The van der Waals surface area contributed by atoms with Crippen LogP contribution in [0.4, 0.5) is 5.69 Å². The van der Waals surface area contributed by atoms with E-state index < -0.39 is 10.7 Å². The third kappa shape index (κ3) is 2.30. The van der Waals surface area contributed by atoms with Gasteiger partial charge in [0.2, 0.25) is 0 Å². The largest absolute Gasteiger partial charge is 0.482 e. The van der Waals surface area contributed by atoms with Crippen LogP contribution in [0.15, 0.2) is 48.5 Å². The second-order valence-corrected chi connectivity index (χ2v) is 4.60. The van der Waals surface area contributed by atoms with Crippen molar-refractivity contribution in [2.75, 3.05) is 13.7 Å². The molecule has 6 heteroatoms. The van der Waals surface area contributed by atoms with Gasteiger partial charge < -0.3 is 14.2 Å². The van der Waals surface area contributed by atoms with Crippen molar-refractivity contribution in [1.82, 2.24) is 0 Å². The van der Waals surface area contributed by atoms with Crippen LogP contribution in [0.3, 0.4) is 0 Å². The van der Waals surface area contributed by atoms with Crippen molar-refractivity contribution >= 4 is 5.69 Å². The number of nitro groups is 1. The zero-order valence-electron chi connectivity index (χ0n) is 11.3. The molecule has 0 fully saturated rings. The molecule has 1 heterocycles. The topological polar surface area (TPSA) is 70.8 Å². The third-order valence-electron chi connectivity index (χ3n) is 3.39. The zero-order chi connectivity index (χ0) is 14.9. The number of nitro benzene ring substituents is 1. The molecule has 0 N–H and O–H groups in total. The van der Waals surface area contributed by atoms with Gasteiger partial charge in [0.1, 0.15) is 0 Å². The first-order valence-corrected chi connectivity index (χ1v) is 6.35. The first kappa shape index (κ1) is 13.4. The Labute approximate surface area is 121 Å². The molecule has 21 heavy (non-hydrogen) atoms. The highest BCUT2D eigenvalue weighted by Gasteiger charge is 2.40. The van der Waals surface area contributed by atoms with Gasteiger partial charge in [0.25, 0.3) is 11.5 Å². The van der Waals surface area contributed by atoms with Crippen LogP contribution in [0, 0.1) is 10.1 Å². The molecule has 0 amide bonds. The Hall–Kier alpha value is -2.60. The van der Waals surface area contributed by atoms with Gasteiger partial charge in [0.05, 0.1) is 4.92 Å². The molecule has 2 aromatic carbocycles. The fourth-order valence-corrected chi connectivity index (χ4v) is 2.23. The van der Waals surface area contributed by atoms with Crippen molar-refractivity contribution in [3.63, 3.8) is 0 Å². The molecule has 0 unspecified atom stereocenters. The summed E-state index contributed by atoms with van der Waals surface area (Å²) >= 11 is 0. The minimum atomic E-state index is -1.11. The summed E-state index contributed by atoms with van der Waals surface area (Å²) in [5.41, 5.74) is 0.673. The number of hydrogen-bond acceptors (Lipinski definition) is 5. The van der Waals surface area contributed by atoms with Crippen LogP contribution in [-0.4, -0.2) is 18.6 Å². The summed E-state index contributed by atoms with van der Waals surface area (Å²) < 4.78 is 17.1. The number of ether oxygens (including phenoxy) is 3. The smallest absolute Gasteiger partial charge is 0.271 e. The molecule has 1 atom stereocenters. The minimum absolute atomic E-state index is 0.0159. The summed E-state index contributed by atoms with van der Waals surface area (Å²) in [6, 6.07) is 13.3. The Balaban J connectivity index is 1.96. The Bertz CT molecular complexity index is 670. The highest BCUT2D eigenvalue weighted by atomic mass is 16.7. The van der Waals surface area contributed by atoms with Gasteiger partial charge in [0, 0.05) is 24.8 Å². The van der Waals surface area contributed by atoms with Gasteiger partial charge in [-0.2, -0.15) is 0 Å². The van der Waals surface area contributed by atoms with Crippen LogP contribution >= 0.6 is 0 Å². The Morgan fingerprint density at radius 1 is 1.14 bits per heavy atom. The van der Waals surface area contributed by atoms with Gasteiger partial charge in [-0.1, -0.05) is 12.1 Å². The third-order valence-corrected chi connectivity index (χ3v) is 3.39. The van der Waals surface area contributed by atoms with Crippen molar-refractivity contribution in [2.45, 2.75) is 5.79 Å². The first-order valence-electron chi connectivity index (χ1n) is 6.35. The minimum Gasteiger partial charge on any atom is -0.482 e. The van der Waals surface area contributed by atoms with Gasteiger partial charge in [0.15, 0.2) is 18.1 Å². The van der Waals surface area contributed by atoms with E-state index in [1.54, 1.807) is 18.2 Å². The maximum Gasteiger partial charge on any atom is 0.271 e. The van der Waals surface area contributed by atoms with E-state index in [2.05, 4.69) is 0 Å². The van der Waals surface area contributed by atoms with E-state index in [1.807, 2.05) is 18.2 Å². The summed E-state index contributed by atoms with van der Waals surface area (Å²) in [6.45, 7) is 0.165. The zero-order valence-corrected chi connectivity index (χ0v) is 11.3. The predicted octanol–water partition coefficient (Wildman–Crippen LogP) is 2.87. The highest BCUT2D eigenvalue weighted by Crippen LogP contribution is 2.40. The fourth-order valence-electron chi connectivity index (χ4n) is 2.23. The maximum absolute atomic E-state index is 10.7. The predicted molar refractivity (Wildman–Crippen MR) is 74.3 cm³/mol. The number of non-ortho nitro benzene ring substituents is 1. The maximum atomic E-state index is 10.7. The normalized spacial score (nSPS) is 20.0. The lowest BCUT2D eigenvalue weighted by Crippen LogP contribution is -2.43. The molecule has 0 saturated heterocycles. The molecule has 0 saturated carbocycles. The van der Waals surface area contributed by atoms with E-state index in [0.717, 1.165) is 0 Å². The number of rotatable bonds is 3. The molecule has 3 rings (SSSR count). The van der Waals surface area contributed by atoms with Gasteiger partial charge in [-0.25, -0.2) is 0 Å². The Morgan fingerprint density at radius 3 is 2.43 bits per heavy atom. The quantitative estimate of drug-likeness (QED) is 0.641. The van der Waals surface area contributed by atoms with Gasteiger partial charge in [-0.3, -0.25) is 10.1 Å². The second-order valence-electron chi connectivity index (χ2n) is 4.60. The van der Waals surface area contributed by atoms with Crippen LogP contribution in [0.2, 0.25) is 0 Å². The molecular formula is C15H13NO5. The fraction of sp³-hybridized carbons (Fsp3) is 0.200. The Kier molecular flexibility index (Phi) is 3.23. The van der Waals surface area contributed by atoms with Crippen molar-refractivity contribution < 1.29 is 19.1 Å². The molecule has 2 aromatic rings. The SMILES string of the molecule is CO[C@]1(c2ccc([N+](=O)[O-])cc2)COc2ccccc2O1. The number of benzene rings is 2. The van der Waals surface area contributed by atoms with Gasteiger partial charge >= 0.3 is 0 Å². The molecule has 108 valence electrons. The van der Waals surface area contributed by atoms with E-state index in [-0.39, 0.29) is 12.3 Å². The molecule has 0 radical (unpaired) electrons. The average Bonchev–Trinajstić information content (AvgIpc) is 2.54. The second kappa shape index (κ2) is 5.06. The summed E-state index contributed by atoms with van der Waals surface area (Å²) in [5.74, 6) is 0.111. The lowest BCUT2D eigenvalue weighted by molar-refractivity contribution is -0.384. The van der Waals surface area contributed by atoms with Gasteiger partial charge in [-0.15, -0.1) is 0 Å². The standard InChI is InChI=1S/C15H13NO5/c1-19-15(11-6-8-12(9-7-11)16(17)18)10-20-13-4-2-3-5-14(13)21-15/h2-9H,10H2,1H3/t15-/m1/s1. The molecule has 1 aliphatic rings. The first-order chi connectivity index (χ1) is 10.1. The number of para-hydroxylation sites is 2. The van der Waals surface area contributed by atoms with E-state index in [9.17, 15) is 10.1 Å². The molecular weight excluding hydrogens is 274 g/mol. The molecule has 1 aliphatic heterocycles. The van der Waals surface area contributed by atoms with Crippen LogP contribution in [0.5, 0.6) is 11.5 Å². The molecule has 0 aliphatic carbocycles. The lowest BCUT2D eigenvalue weighted by atomic mass is 10.0. The van der Waals surface area contributed by atoms with Crippen molar-refractivity contribution in [3.8, 4) is 11.5 Å². The number of methoxy groups -OCH3 is 1. The van der Waals surface area contributed by atoms with Crippen molar-refractivity contribution in [1.29, 1.82) is 0 Å². The summed E-state index contributed by atoms with van der Waals surface area (Å²) in [6.07, 6.45) is 0. The monoisotopic (exact) mass is 287 g/mol. The van der Waals surface area contributed by atoms with Crippen LogP contribution < -0.4 is 9.47 Å². The Morgan fingerprint density at radius 2 is 1.81 bits per heavy atom. The molecule has 0 aromatic heterocycles. The van der Waals surface area contributed by atoms with Crippen LogP contribution in [0.1, 0.15) is 5.56 Å². The van der Waals surface area contributed by atoms with E-state index in [4.69, 9.17) is 14.2 Å². The highest BCUT2D eigenvalue weighted by molar-refractivity contribution is 5.43. The summed E-state index contributed by atoms with van der Waals surface area (Å²) in [5, 5.41) is 10.7. The van der Waals surface area contributed by atoms with Crippen molar-refractivity contribution in [3.05, 3.63) is 64.2 Å². The van der Waals surface area contributed by atoms with Crippen LogP contribution in [0.25, 0.3) is 0 Å². The number of fused-ring (bicyclic) bond motifs is 1. The van der Waals surface area contributed by atoms with Crippen LogP contribution in [-0.2, 0) is 10.5 Å². The molecule has 6 nitrogen and oxygen atoms in total. The number of hydrogen-bond donors (Lipinski definition) is 0. The molecule has 0 spiro atoms. The van der Waals surface area contributed by atoms with E-state index >= 15 is 0 Å². The van der Waals surface area contributed by atoms with Crippen molar-refractivity contribution in [2.24, 2.45) is 0 Å². The average molecular weight is 287 g/mol. The lowest BCUT2D eigenvalue weighted by Gasteiger charge is -2.37. The van der Waals surface area contributed by atoms with E-state index in [1.165, 1.54) is 19.2 Å². The number of nitrogens with zero attached hydrogens (tertiary/aromatic N) is 1. The van der Waals surface area contributed by atoms with Gasteiger partial charge in [-0.05, 0) is 24.3 Å². The molecule has 0 bridgehead atoms.